The molecule has 1 atom stereocenters. The largest absolute Gasteiger partial charge is 0.496 e. The highest BCUT2D eigenvalue weighted by Gasteiger charge is 2.24. The van der Waals surface area contributed by atoms with Crippen molar-refractivity contribution < 1.29 is 9.84 Å². The second-order valence-corrected chi connectivity index (χ2v) is 7.57. The summed E-state index contributed by atoms with van der Waals surface area (Å²) in [6.07, 6.45) is 0. The molecule has 1 aromatic carbocycles. The monoisotopic (exact) mass is 553 g/mol. The first-order chi connectivity index (χ1) is 12.0. The number of aliphatic hydroxyl groups is 1. The molecule has 5 nitrogen and oxygen atoms in total. The van der Waals surface area contributed by atoms with Gasteiger partial charge in [-0.2, -0.15) is 0 Å². The minimum absolute atomic E-state index is 0. The summed E-state index contributed by atoms with van der Waals surface area (Å²) >= 11 is 5.03. The van der Waals surface area contributed by atoms with E-state index in [2.05, 4.69) is 31.6 Å². The Morgan fingerprint density at radius 1 is 1.35 bits per heavy atom. The van der Waals surface area contributed by atoms with Gasteiger partial charge in [0.1, 0.15) is 11.4 Å². The standard InChI is InChI=1S/C18H24BrN3O2S.HI/c1-4-20-17(22-12-18(2,23)16-6-5-9-25-16)21-11-13-7-8-15(24-3)14(19)10-13;/h5-10,23H,4,11-12H2,1-3H3,(H2,20,21,22);1H. The number of benzene rings is 1. The van der Waals surface area contributed by atoms with E-state index in [4.69, 9.17) is 4.74 Å². The summed E-state index contributed by atoms with van der Waals surface area (Å²) in [6, 6.07) is 9.77. The van der Waals surface area contributed by atoms with Crippen LogP contribution in [-0.2, 0) is 12.1 Å². The Labute approximate surface area is 184 Å². The molecule has 0 saturated heterocycles. The van der Waals surface area contributed by atoms with E-state index in [0.717, 1.165) is 27.2 Å². The van der Waals surface area contributed by atoms with E-state index in [1.165, 1.54) is 0 Å². The number of aliphatic imine (C=N–C) groups is 1. The van der Waals surface area contributed by atoms with Gasteiger partial charge in [-0.15, -0.1) is 35.3 Å². The number of nitrogens with zero attached hydrogens (tertiary/aromatic N) is 1. The Balaban J connectivity index is 0.00000338. The molecule has 3 N–H and O–H groups in total. The van der Waals surface area contributed by atoms with Gasteiger partial charge in [0.25, 0.3) is 0 Å². The Kier molecular flexibility index (Phi) is 9.91. The van der Waals surface area contributed by atoms with Crippen LogP contribution in [0.2, 0.25) is 0 Å². The van der Waals surface area contributed by atoms with Crippen molar-refractivity contribution in [2.45, 2.75) is 26.0 Å². The lowest BCUT2D eigenvalue weighted by Crippen LogP contribution is -2.44. The van der Waals surface area contributed by atoms with Crippen LogP contribution in [0.3, 0.4) is 0 Å². The van der Waals surface area contributed by atoms with Gasteiger partial charge in [0.15, 0.2) is 5.96 Å². The number of guanidine groups is 1. The van der Waals surface area contributed by atoms with Gasteiger partial charge in [0, 0.05) is 11.4 Å². The molecule has 26 heavy (non-hydrogen) atoms. The van der Waals surface area contributed by atoms with Gasteiger partial charge in [-0.25, -0.2) is 4.99 Å². The Bertz CT molecular complexity index is 708. The SMILES string of the molecule is CCNC(=NCc1ccc(OC)c(Br)c1)NCC(C)(O)c1cccs1.I. The Hall–Kier alpha value is -0.840. The van der Waals surface area contributed by atoms with Gasteiger partial charge in [-0.05, 0) is 58.9 Å². The lowest BCUT2D eigenvalue weighted by atomic mass is 10.1. The van der Waals surface area contributed by atoms with Crippen molar-refractivity contribution in [1.82, 2.24) is 10.6 Å². The fraction of sp³-hybridized carbons (Fsp3) is 0.389. The molecule has 0 aliphatic rings. The van der Waals surface area contributed by atoms with Crippen LogP contribution in [-0.4, -0.2) is 31.3 Å². The number of hydrogen-bond donors (Lipinski definition) is 3. The molecule has 1 aromatic heterocycles. The van der Waals surface area contributed by atoms with Crippen LogP contribution >= 0.6 is 51.2 Å². The zero-order chi connectivity index (χ0) is 18.3. The number of ether oxygens (including phenoxy) is 1. The third-order valence-corrected chi connectivity index (χ3v) is 5.37. The minimum Gasteiger partial charge on any atom is -0.496 e. The molecule has 8 heteroatoms. The number of rotatable bonds is 7. The summed E-state index contributed by atoms with van der Waals surface area (Å²) in [7, 11) is 1.64. The minimum atomic E-state index is -0.937. The van der Waals surface area contributed by atoms with E-state index in [0.29, 0.717) is 19.0 Å². The van der Waals surface area contributed by atoms with E-state index in [9.17, 15) is 5.11 Å². The molecule has 0 amide bonds. The molecule has 0 aliphatic carbocycles. The van der Waals surface area contributed by atoms with Crippen molar-refractivity contribution in [2.24, 2.45) is 4.99 Å². The van der Waals surface area contributed by atoms with Crippen molar-refractivity contribution in [2.75, 3.05) is 20.2 Å². The van der Waals surface area contributed by atoms with Crippen LogP contribution in [0.15, 0.2) is 45.2 Å². The first-order valence-electron chi connectivity index (χ1n) is 8.07. The quantitative estimate of drug-likeness (QED) is 0.274. The zero-order valence-electron chi connectivity index (χ0n) is 15.1. The molecule has 0 fully saturated rings. The molecule has 0 aliphatic heterocycles. The predicted octanol–water partition coefficient (Wildman–Crippen LogP) is 4.10. The smallest absolute Gasteiger partial charge is 0.191 e. The van der Waals surface area contributed by atoms with E-state index in [-0.39, 0.29) is 24.0 Å². The van der Waals surface area contributed by atoms with Gasteiger partial charge in [0.05, 0.1) is 24.7 Å². The van der Waals surface area contributed by atoms with E-state index in [1.807, 2.05) is 42.6 Å². The van der Waals surface area contributed by atoms with Gasteiger partial charge < -0.3 is 20.5 Å². The van der Waals surface area contributed by atoms with Crippen molar-refractivity contribution in [1.29, 1.82) is 0 Å². The average Bonchev–Trinajstić information content (AvgIpc) is 3.13. The summed E-state index contributed by atoms with van der Waals surface area (Å²) in [6.45, 7) is 5.47. The molecule has 0 spiro atoms. The van der Waals surface area contributed by atoms with Crippen LogP contribution in [0.25, 0.3) is 0 Å². The van der Waals surface area contributed by atoms with E-state index >= 15 is 0 Å². The van der Waals surface area contributed by atoms with Crippen molar-refractivity contribution in [3.63, 3.8) is 0 Å². The summed E-state index contributed by atoms with van der Waals surface area (Å²) in [5.41, 5.74) is 0.128. The Morgan fingerprint density at radius 2 is 2.12 bits per heavy atom. The lowest BCUT2D eigenvalue weighted by Gasteiger charge is -2.23. The molecular formula is C18H25BrIN3O2S. The molecule has 2 aromatic rings. The maximum absolute atomic E-state index is 10.6. The lowest BCUT2D eigenvalue weighted by molar-refractivity contribution is 0.0655. The topological polar surface area (TPSA) is 65.9 Å². The van der Waals surface area contributed by atoms with Crippen LogP contribution in [0.5, 0.6) is 5.75 Å². The van der Waals surface area contributed by atoms with Gasteiger partial charge in [0.2, 0.25) is 0 Å². The van der Waals surface area contributed by atoms with Crippen molar-refractivity contribution >= 4 is 57.2 Å². The average molecular weight is 554 g/mol. The second-order valence-electron chi connectivity index (χ2n) is 5.77. The maximum atomic E-state index is 10.6. The number of thiophene rings is 1. The summed E-state index contributed by atoms with van der Waals surface area (Å²) < 4.78 is 6.15. The number of nitrogens with one attached hydrogen (secondary N) is 2. The molecule has 0 radical (unpaired) electrons. The first-order valence-corrected chi connectivity index (χ1v) is 9.74. The second kappa shape index (κ2) is 11.1. The van der Waals surface area contributed by atoms with Crippen LogP contribution < -0.4 is 15.4 Å². The molecule has 0 bridgehead atoms. The summed E-state index contributed by atoms with van der Waals surface area (Å²) in [5.74, 6) is 1.47. The highest BCUT2D eigenvalue weighted by Crippen LogP contribution is 2.26. The van der Waals surface area contributed by atoms with Crippen molar-refractivity contribution in [3.05, 3.63) is 50.6 Å². The molecule has 1 heterocycles. The molecular weight excluding hydrogens is 529 g/mol. The number of halogens is 2. The number of hydrogen-bond acceptors (Lipinski definition) is 4. The van der Waals surface area contributed by atoms with Crippen LogP contribution in [0, 0.1) is 0 Å². The van der Waals surface area contributed by atoms with Gasteiger partial charge >= 0.3 is 0 Å². The molecule has 144 valence electrons. The molecule has 2 rings (SSSR count). The van der Waals surface area contributed by atoms with Crippen molar-refractivity contribution in [3.8, 4) is 5.75 Å². The third kappa shape index (κ3) is 6.71. The predicted molar refractivity (Wildman–Crippen MR) is 123 cm³/mol. The Morgan fingerprint density at radius 3 is 2.69 bits per heavy atom. The van der Waals surface area contributed by atoms with E-state index in [1.54, 1.807) is 25.4 Å². The molecule has 0 saturated carbocycles. The maximum Gasteiger partial charge on any atom is 0.191 e. The first kappa shape index (κ1) is 23.2. The summed E-state index contributed by atoms with van der Waals surface area (Å²) in [5, 5.41) is 19.0. The summed E-state index contributed by atoms with van der Waals surface area (Å²) in [4.78, 5) is 5.52. The third-order valence-electron chi connectivity index (χ3n) is 3.63. The molecule has 1 unspecified atom stereocenters. The fourth-order valence-electron chi connectivity index (χ4n) is 2.25. The zero-order valence-corrected chi connectivity index (χ0v) is 19.8. The van der Waals surface area contributed by atoms with Crippen LogP contribution in [0.1, 0.15) is 24.3 Å². The number of methoxy groups -OCH3 is 1. The van der Waals surface area contributed by atoms with Crippen LogP contribution in [0.4, 0.5) is 0 Å². The fourth-order valence-corrected chi connectivity index (χ4v) is 3.62. The normalized spacial score (nSPS) is 13.5. The van der Waals surface area contributed by atoms with Gasteiger partial charge in [-0.3, -0.25) is 0 Å². The highest BCUT2D eigenvalue weighted by molar-refractivity contribution is 14.0. The highest BCUT2D eigenvalue weighted by atomic mass is 127. The van der Waals surface area contributed by atoms with E-state index < -0.39 is 5.60 Å². The van der Waals surface area contributed by atoms with Gasteiger partial charge in [-0.1, -0.05) is 12.1 Å².